The van der Waals surface area contributed by atoms with Crippen molar-refractivity contribution in [2.75, 3.05) is 50.8 Å². The van der Waals surface area contributed by atoms with Crippen molar-refractivity contribution in [3.63, 3.8) is 0 Å². The highest BCUT2D eigenvalue weighted by Gasteiger charge is 2.36. The molecule has 78 heavy (non-hydrogen) atoms. The number of hydrogen-bond acceptors (Lipinski definition) is 12. The van der Waals surface area contributed by atoms with E-state index in [0.29, 0.717) is 76.5 Å². The third-order valence-corrected chi connectivity index (χ3v) is 14.9. The highest BCUT2D eigenvalue weighted by Crippen LogP contribution is 2.17. The summed E-state index contributed by atoms with van der Waals surface area (Å²) in [6.45, 7) is 10.9. The second-order valence-corrected chi connectivity index (χ2v) is 23.1. The Balaban J connectivity index is 2.76. The standard InChI is InChI=1S/C64H108N4O8S2/c1-5-9-13-17-21-25-29-33-37-41-55(69)51-67(52-56(70)42-38-34-30-26-22-18-14-10-6-2)45-47-77-61(73)49-59-63(75)66-60(64(76)65-59)50-62(74)78-48-46-68(53-57(71)43-39-35-31-27-23-19-15-11-7-3)54-58(72)44-40-36-32-28-24-20-16-12-8-4/h21-28,33-40,55-60,69-72H,5-20,29-32,41-54H2,1-4H3,(H,65,76)(H,66,75)/b25-21-,26-22-,27-23-,28-24-,37-33-,38-34-,39-35-,40-36-. The van der Waals surface area contributed by atoms with Gasteiger partial charge in [-0.2, -0.15) is 0 Å². The summed E-state index contributed by atoms with van der Waals surface area (Å²) < 4.78 is 0. The first kappa shape index (κ1) is 72.7. The van der Waals surface area contributed by atoms with Crippen LogP contribution < -0.4 is 10.6 Å². The SMILES string of the molecule is CCCCC/C=C\C/C=C\CC(O)CN(CCSC(=O)CC1NC(=O)C(CC(=O)SCCN(CC(O)C/C=C\C/C=C\CCCCC)CC(O)C/C=C\C/C=C\CCCCC)NC1=O)CC(O)C/C=C\C/C=C\CCCCC. The number of amides is 2. The summed E-state index contributed by atoms with van der Waals surface area (Å²) in [4.78, 5) is 56.7. The highest BCUT2D eigenvalue weighted by atomic mass is 32.2. The minimum absolute atomic E-state index is 0.218. The molecule has 12 nitrogen and oxygen atoms in total. The summed E-state index contributed by atoms with van der Waals surface area (Å²) in [5.74, 6) is -0.321. The zero-order valence-electron chi connectivity index (χ0n) is 48.9. The van der Waals surface area contributed by atoms with E-state index < -0.39 is 48.3 Å². The van der Waals surface area contributed by atoms with Gasteiger partial charge >= 0.3 is 0 Å². The van der Waals surface area contributed by atoms with Gasteiger partial charge in [-0.25, -0.2) is 0 Å². The molecule has 6 N–H and O–H groups in total. The number of carbonyl (C=O) groups is 4. The molecule has 0 aliphatic carbocycles. The Morgan fingerprint density at radius 2 is 0.679 bits per heavy atom. The molecule has 1 heterocycles. The third-order valence-electron chi connectivity index (χ3n) is 13.2. The Hall–Kier alpha value is -3.34. The van der Waals surface area contributed by atoms with Crippen molar-refractivity contribution in [2.24, 2.45) is 0 Å². The molecule has 0 spiro atoms. The quantitative estimate of drug-likeness (QED) is 0.0251. The van der Waals surface area contributed by atoms with Crippen LogP contribution in [-0.4, -0.2) is 140 Å². The molecule has 0 aromatic rings. The van der Waals surface area contributed by atoms with Gasteiger partial charge in [0.25, 0.3) is 0 Å². The lowest BCUT2D eigenvalue weighted by Crippen LogP contribution is -2.62. The fraction of sp³-hybridized carbons (Fsp3) is 0.688. The molecule has 1 fully saturated rings. The van der Waals surface area contributed by atoms with Gasteiger partial charge in [0.1, 0.15) is 12.1 Å². The van der Waals surface area contributed by atoms with E-state index in [4.69, 9.17) is 0 Å². The van der Waals surface area contributed by atoms with Gasteiger partial charge in [-0.3, -0.25) is 29.0 Å². The van der Waals surface area contributed by atoms with E-state index >= 15 is 0 Å². The van der Waals surface area contributed by atoms with Gasteiger partial charge in [-0.05, 0) is 103 Å². The molecule has 0 saturated carbocycles. The molecular formula is C64H108N4O8S2. The lowest BCUT2D eigenvalue weighted by molar-refractivity contribution is -0.138. The lowest BCUT2D eigenvalue weighted by Gasteiger charge is -2.29. The van der Waals surface area contributed by atoms with E-state index in [2.05, 4.69) is 111 Å². The molecule has 1 saturated heterocycles. The summed E-state index contributed by atoms with van der Waals surface area (Å²) >= 11 is 2.10. The summed E-state index contributed by atoms with van der Waals surface area (Å²) in [7, 11) is 0. The molecule has 1 aliphatic rings. The Morgan fingerprint density at radius 1 is 0.423 bits per heavy atom. The van der Waals surface area contributed by atoms with Crippen molar-refractivity contribution in [2.45, 2.75) is 231 Å². The number of piperazine rings is 1. The van der Waals surface area contributed by atoms with E-state index in [-0.39, 0.29) is 23.1 Å². The van der Waals surface area contributed by atoms with Crippen LogP contribution in [0.25, 0.3) is 0 Å². The molecule has 1 aliphatic heterocycles. The first-order valence-electron chi connectivity index (χ1n) is 30.2. The number of nitrogens with one attached hydrogen (secondary N) is 2. The number of thioether (sulfide) groups is 2. The first-order chi connectivity index (χ1) is 37.9. The molecule has 0 radical (unpaired) electrons. The lowest BCUT2D eigenvalue weighted by atomic mass is 10.1. The monoisotopic (exact) mass is 1120 g/mol. The van der Waals surface area contributed by atoms with E-state index in [1.54, 1.807) is 0 Å². The van der Waals surface area contributed by atoms with E-state index in [0.717, 1.165) is 74.9 Å². The molecule has 14 heteroatoms. The third kappa shape index (κ3) is 43.5. The number of allylic oxidation sites excluding steroid dienone is 12. The zero-order valence-corrected chi connectivity index (χ0v) is 50.5. The van der Waals surface area contributed by atoms with Gasteiger partial charge < -0.3 is 31.1 Å². The predicted molar refractivity (Wildman–Crippen MR) is 332 cm³/mol. The van der Waals surface area contributed by atoms with Crippen molar-refractivity contribution < 1.29 is 39.6 Å². The Labute approximate surface area is 482 Å². The molecule has 0 aromatic carbocycles. The Kier molecular flexibility index (Phi) is 48.2. The Bertz CT molecular complexity index is 1570. The average Bonchev–Trinajstić information content (AvgIpc) is 3.40. The number of aliphatic hydroxyl groups is 4. The van der Waals surface area contributed by atoms with Gasteiger partial charge in [0.2, 0.25) is 11.8 Å². The van der Waals surface area contributed by atoms with Crippen LogP contribution in [0.1, 0.15) is 195 Å². The fourth-order valence-corrected chi connectivity index (χ4v) is 10.3. The van der Waals surface area contributed by atoms with Gasteiger partial charge in [0, 0.05) is 63.6 Å². The van der Waals surface area contributed by atoms with Crippen molar-refractivity contribution in [1.29, 1.82) is 0 Å². The van der Waals surface area contributed by atoms with Crippen LogP contribution in [0.4, 0.5) is 0 Å². The topological polar surface area (TPSA) is 180 Å². The second kappa shape index (κ2) is 51.8. The van der Waals surface area contributed by atoms with Crippen molar-refractivity contribution >= 4 is 45.6 Å². The van der Waals surface area contributed by atoms with Crippen LogP contribution >= 0.6 is 23.5 Å². The molecule has 6 unspecified atom stereocenters. The number of nitrogens with zero attached hydrogens (tertiary/aromatic N) is 2. The van der Waals surface area contributed by atoms with Gasteiger partial charge in [0.05, 0.1) is 24.4 Å². The Morgan fingerprint density at radius 3 is 0.936 bits per heavy atom. The summed E-state index contributed by atoms with van der Waals surface area (Å²) in [5, 5.41) is 48.6. The smallest absolute Gasteiger partial charge is 0.243 e. The summed E-state index contributed by atoms with van der Waals surface area (Å²) in [6.07, 6.45) is 54.5. The van der Waals surface area contributed by atoms with Crippen molar-refractivity contribution in [1.82, 2.24) is 20.4 Å². The zero-order chi connectivity index (χ0) is 57.1. The van der Waals surface area contributed by atoms with E-state index in [1.807, 2.05) is 34.1 Å². The highest BCUT2D eigenvalue weighted by molar-refractivity contribution is 8.13. The predicted octanol–water partition coefficient (Wildman–Crippen LogP) is 12.2. The summed E-state index contributed by atoms with van der Waals surface area (Å²) in [5.41, 5.74) is 0. The minimum atomic E-state index is -1.07. The van der Waals surface area contributed by atoms with Crippen LogP contribution in [0.2, 0.25) is 0 Å². The average molecular weight is 1130 g/mol. The first-order valence-corrected chi connectivity index (χ1v) is 32.2. The van der Waals surface area contributed by atoms with Gasteiger partial charge in [-0.1, -0.05) is 200 Å². The van der Waals surface area contributed by atoms with Gasteiger partial charge in [0.15, 0.2) is 10.2 Å². The molecule has 0 bridgehead atoms. The van der Waals surface area contributed by atoms with Crippen molar-refractivity contribution in [3.8, 4) is 0 Å². The van der Waals surface area contributed by atoms with E-state index in [1.165, 1.54) is 77.0 Å². The van der Waals surface area contributed by atoms with Crippen LogP contribution in [0.3, 0.4) is 0 Å². The van der Waals surface area contributed by atoms with Crippen LogP contribution in [0, 0.1) is 0 Å². The van der Waals surface area contributed by atoms with Gasteiger partial charge in [-0.15, -0.1) is 0 Å². The van der Waals surface area contributed by atoms with Crippen LogP contribution in [0.15, 0.2) is 97.2 Å². The normalized spacial score (nSPS) is 17.3. The van der Waals surface area contributed by atoms with Crippen molar-refractivity contribution in [3.05, 3.63) is 97.2 Å². The molecule has 0 aromatic heterocycles. The molecule has 444 valence electrons. The maximum absolute atomic E-state index is 13.2. The maximum Gasteiger partial charge on any atom is 0.243 e. The second-order valence-electron chi connectivity index (χ2n) is 20.7. The van der Waals surface area contributed by atoms with Crippen LogP contribution in [0.5, 0.6) is 0 Å². The fourth-order valence-electron chi connectivity index (χ4n) is 8.61. The molecule has 1 rings (SSSR count). The number of aliphatic hydroxyl groups excluding tert-OH is 4. The summed E-state index contributed by atoms with van der Waals surface area (Å²) in [6, 6.07) is -2.13. The number of rotatable bonds is 50. The van der Waals surface area contributed by atoms with Crippen LogP contribution in [-0.2, 0) is 19.2 Å². The van der Waals surface area contributed by atoms with E-state index in [9.17, 15) is 39.6 Å². The number of unbranched alkanes of at least 4 members (excludes halogenated alkanes) is 12. The largest absolute Gasteiger partial charge is 0.391 e. The molecule has 2 amide bonds. The number of carbonyl (C=O) groups excluding carboxylic acids is 4. The number of hydrogen-bond donors (Lipinski definition) is 6. The molecular weight excluding hydrogens is 1020 g/mol. The molecule has 6 atom stereocenters. The minimum Gasteiger partial charge on any atom is -0.391 e. The maximum atomic E-state index is 13.2.